The Morgan fingerprint density at radius 3 is 2.67 bits per heavy atom. The van der Waals surface area contributed by atoms with Gasteiger partial charge in [-0.15, -0.1) is 11.8 Å². The molecule has 0 aliphatic heterocycles. The van der Waals surface area contributed by atoms with Gasteiger partial charge in [-0.3, -0.25) is 0 Å². The van der Waals surface area contributed by atoms with Crippen LogP contribution < -0.4 is 5.73 Å². The third-order valence-electron chi connectivity index (χ3n) is 3.02. The van der Waals surface area contributed by atoms with Crippen molar-refractivity contribution in [3.05, 3.63) is 30.1 Å². The summed E-state index contributed by atoms with van der Waals surface area (Å²) in [4.78, 5) is 5.59. The van der Waals surface area contributed by atoms with Crippen molar-refractivity contribution in [1.29, 1.82) is 0 Å². The topological polar surface area (TPSA) is 74.2 Å². The SMILES string of the molecule is CCCOCC(C)(N)c1noc(-c2ccc(SC)cc2)n1. The molecule has 0 bridgehead atoms. The lowest BCUT2D eigenvalue weighted by Crippen LogP contribution is -2.39. The van der Waals surface area contributed by atoms with Gasteiger partial charge in [-0.2, -0.15) is 4.98 Å². The van der Waals surface area contributed by atoms with Crippen molar-refractivity contribution in [3.63, 3.8) is 0 Å². The van der Waals surface area contributed by atoms with E-state index in [0.29, 0.717) is 24.9 Å². The van der Waals surface area contributed by atoms with E-state index in [-0.39, 0.29) is 0 Å². The fourth-order valence-corrected chi connectivity index (χ4v) is 2.21. The third kappa shape index (κ3) is 4.06. The minimum atomic E-state index is -0.754. The van der Waals surface area contributed by atoms with E-state index < -0.39 is 5.54 Å². The monoisotopic (exact) mass is 307 g/mol. The summed E-state index contributed by atoms with van der Waals surface area (Å²) in [7, 11) is 0. The molecule has 5 nitrogen and oxygen atoms in total. The molecule has 0 amide bonds. The molecular weight excluding hydrogens is 286 g/mol. The van der Waals surface area contributed by atoms with Crippen LogP contribution in [0, 0.1) is 0 Å². The fourth-order valence-electron chi connectivity index (χ4n) is 1.80. The van der Waals surface area contributed by atoms with Crippen LogP contribution in [0.1, 0.15) is 26.1 Å². The summed E-state index contributed by atoms with van der Waals surface area (Å²) in [6.07, 6.45) is 2.99. The Labute approximate surface area is 129 Å². The van der Waals surface area contributed by atoms with Gasteiger partial charge in [0.25, 0.3) is 5.89 Å². The Balaban J connectivity index is 2.12. The van der Waals surface area contributed by atoms with Gasteiger partial charge in [0.05, 0.1) is 6.61 Å². The molecule has 0 fully saturated rings. The van der Waals surface area contributed by atoms with Crippen LogP contribution in [0.25, 0.3) is 11.5 Å². The zero-order chi connectivity index (χ0) is 15.3. The summed E-state index contributed by atoms with van der Waals surface area (Å²) in [6, 6.07) is 7.97. The lowest BCUT2D eigenvalue weighted by atomic mass is 10.1. The van der Waals surface area contributed by atoms with Crippen molar-refractivity contribution in [2.45, 2.75) is 30.7 Å². The predicted octanol–water partition coefficient (Wildman–Crippen LogP) is 3.06. The highest BCUT2D eigenvalue weighted by Gasteiger charge is 2.28. The Hall–Kier alpha value is -1.37. The van der Waals surface area contributed by atoms with Crippen LogP contribution in [-0.4, -0.2) is 29.6 Å². The van der Waals surface area contributed by atoms with Crippen LogP contribution in [-0.2, 0) is 10.3 Å². The molecule has 21 heavy (non-hydrogen) atoms. The molecule has 0 saturated carbocycles. The van der Waals surface area contributed by atoms with Gasteiger partial charge in [0.2, 0.25) is 0 Å². The molecule has 6 heteroatoms. The van der Waals surface area contributed by atoms with Gasteiger partial charge in [-0.25, -0.2) is 0 Å². The van der Waals surface area contributed by atoms with E-state index in [4.69, 9.17) is 15.0 Å². The van der Waals surface area contributed by atoms with E-state index in [1.807, 2.05) is 37.4 Å². The second-order valence-corrected chi connectivity index (χ2v) is 6.00. The van der Waals surface area contributed by atoms with Crippen molar-refractivity contribution in [2.75, 3.05) is 19.5 Å². The summed E-state index contributed by atoms with van der Waals surface area (Å²) in [6.45, 7) is 4.94. The number of ether oxygens (including phenoxy) is 1. The average molecular weight is 307 g/mol. The second kappa shape index (κ2) is 7.06. The second-order valence-electron chi connectivity index (χ2n) is 5.12. The number of aromatic nitrogens is 2. The standard InChI is InChI=1S/C15H21N3O2S/c1-4-9-19-10-15(2,16)14-17-13(20-18-14)11-5-7-12(21-3)8-6-11/h5-8H,4,9-10,16H2,1-3H3. The first kappa shape index (κ1) is 16.0. The molecular formula is C15H21N3O2S. The molecule has 0 aliphatic rings. The smallest absolute Gasteiger partial charge is 0.257 e. The lowest BCUT2D eigenvalue weighted by Gasteiger charge is -2.19. The average Bonchev–Trinajstić information content (AvgIpc) is 2.98. The van der Waals surface area contributed by atoms with Gasteiger partial charge in [0.15, 0.2) is 5.82 Å². The van der Waals surface area contributed by atoms with Gasteiger partial charge >= 0.3 is 0 Å². The van der Waals surface area contributed by atoms with E-state index in [2.05, 4.69) is 17.1 Å². The minimum Gasteiger partial charge on any atom is -0.379 e. The van der Waals surface area contributed by atoms with Crippen LogP contribution in [0.4, 0.5) is 0 Å². The highest BCUT2D eigenvalue weighted by atomic mass is 32.2. The minimum absolute atomic E-state index is 0.366. The van der Waals surface area contributed by atoms with Crippen LogP contribution in [0.15, 0.2) is 33.7 Å². The molecule has 1 aromatic heterocycles. The third-order valence-corrected chi connectivity index (χ3v) is 3.77. The van der Waals surface area contributed by atoms with E-state index in [1.165, 1.54) is 4.90 Å². The molecule has 2 rings (SSSR count). The van der Waals surface area contributed by atoms with Gasteiger partial charge in [-0.1, -0.05) is 12.1 Å². The molecule has 2 aromatic rings. The Morgan fingerprint density at radius 1 is 1.33 bits per heavy atom. The number of hydrogen-bond donors (Lipinski definition) is 1. The summed E-state index contributed by atoms with van der Waals surface area (Å²) < 4.78 is 10.8. The largest absolute Gasteiger partial charge is 0.379 e. The zero-order valence-corrected chi connectivity index (χ0v) is 13.4. The van der Waals surface area contributed by atoms with E-state index >= 15 is 0 Å². The molecule has 1 unspecified atom stereocenters. The molecule has 2 N–H and O–H groups in total. The molecule has 0 aliphatic carbocycles. The summed E-state index contributed by atoms with van der Waals surface area (Å²) in [5.41, 5.74) is 6.33. The number of nitrogens with two attached hydrogens (primary N) is 1. The maximum absolute atomic E-state index is 6.20. The molecule has 1 aromatic carbocycles. The molecule has 1 atom stereocenters. The maximum atomic E-state index is 6.20. The highest BCUT2D eigenvalue weighted by molar-refractivity contribution is 7.98. The summed E-state index contributed by atoms with van der Waals surface area (Å²) in [5, 5.41) is 3.99. The Bertz CT molecular complexity index is 567. The maximum Gasteiger partial charge on any atom is 0.257 e. The van der Waals surface area contributed by atoms with Crippen molar-refractivity contribution < 1.29 is 9.26 Å². The van der Waals surface area contributed by atoms with Gasteiger partial charge in [-0.05, 0) is 43.9 Å². The van der Waals surface area contributed by atoms with Crippen LogP contribution in [0.2, 0.25) is 0 Å². The first-order valence-corrected chi connectivity index (χ1v) is 8.14. The van der Waals surface area contributed by atoms with E-state index in [1.54, 1.807) is 11.8 Å². The van der Waals surface area contributed by atoms with Crippen molar-refractivity contribution in [3.8, 4) is 11.5 Å². The molecule has 114 valence electrons. The first-order chi connectivity index (χ1) is 10.1. The van der Waals surface area contributed by atoms with Crippen molar-refractivity contribution in [2.24, 2.45) is 5.73 Å². The molecule has 0 spiro atoms. The van der Waals surface area contributed by atoms with Crippen molar-refractivity contribution >= 4 is 11.8 Å². The van der Waals surface area contributed by atoms with Crippen LogP contribution >= 0.6 is 11.8 Å². The number of nitrogens with zero attached hydrogens (tertiary/aromatic N) is 2. The fraction of sp³-hybridized carbons (Fsp3) is 0.467. The van der Waals surface area contributed by atoms with E-state index in [9.17, 15) is 0 Å². The quantitative estimate of drug-likeness (QED) is 0.626. The Morgan fingerprint density at radius 2 is 2.05 bits per heavy atom. The first-order valence-electron chi connectivity index (χ1n) is 6.92. The van der Waals surface area contributed by atoms with Crippen LogP contribution in [0.3, 0.4) is 0 Å². The van der Waals surface area contributed by atoms with E-state index in [0.717, 1.165) is 12.0 Å². The molecule has 0 saturated heterocycles. The lowest BCUT2D eigenvalue weighted by molar-refractivity contribution is 0.0867. The van der Waals surface area contributed by atoms with Crippen molar-refractivity contribution in [1.82, 2.24) is 10.1 Å². The van der Waals surface area contributed by atoms with Crippen LogP contribution in [0.5, 0.6) is 0 Å². The number of hydrogen-bond acceptors (Lipinski definition) is 6. The number of rotatable bonds is 7. The van der Waals surface area contributed by atoms with Gasteiger partial charge in [0.1, 0.15) is 5.54 Å². The summed E-state index contributed by atoms with van der Waals surface area (Å²) in [5.74, 6) is 0.937. The zero-order valence-electron chi connectivity index (χ0n) is 12.6. The Kier molecular flexibility index (Phi) is 5.39. The molecule has 1 heterocycles. The number of benzene rings is 1. The highest BCUT2D eigenvalue weighted by Crippen LogP contribution is 2.24. The van der Waals surface area contributed by atoms with Gasteiger partial charge < -0.3 is 15.0 Å². The predicted molar refractivity (Wildman–Crippen MR) is 84.2 cm³/mol. The number of thioether (sulfide) groups is 1. The summed E-state index contributed by atoms with van der Waals surface area (Å²) >= 11 is 1.69. The van der Waals surface area contributed by atoms with Gasteiger partial charge in [0, 0.05) is 17.1 Å². The normalized spacial score (nSPS) is 14.1. The molecule has 0 radical (unpaired) electrons.